The van der Waals surface area contributed by atoms with E-state index in [1.165, 1.54) is 32.1 Å². The van der Waals surface area contributed by atoms with Crippen molar-refractivity contribution >= 4 is 11.8 Å². The number of anilines is 1. The van der Waals surface area contributed by atoms with Crippen LogP contribution in [0.4, 0.5) is 5.82 Å². The number of nitrogens with zero attached hydrogens (tertiary/aromatic N) is 2. The fraction of sp³-hybridized carbons (Fsp3) is 0.600. The molecule has 1 aromatic rings. The average molecular weight is 260 g/mol. The number of carbonyl (C=O) groups is 1. The van der Waals surface area contributed by atoms with Crippen molar-refractivity contribution in [3.05, 3.63) is 23.4 Å². The lowest BCUT2D eigenvalue weighted by Crippen LogP contribution is -2.36. The van der Waals surface area contributed by atoms with Crippen molar-refractivity contribution in [1.29, 1.82) is 0 Å². The summed E-state index contributed by atoms with van der Waals surface area (Å²) >= 11 is 0. The van der Waals surface area contributed by atoms with Crippen molar-refractivity contribution < 1.29 is 9.90 Å². The summed E-state index contributed by atoms with van der Waals surface area (Å²) in [5.74, 6) is 0.555. The summed E-state index contributed by atoms with van der Waals surface area (Å²) < 4.78 is 0. The van der Waals surface area contributed by atoms with Gasteiger partial charge < -0.3 is 10.0 Å². The van der Waals surface area contributed by atoms with E-state index < -0.39 is 5.97 Å². The van der Waals surface area contributed by atoms with Gasteiger partial charge in [-0.15, -0.1) is 0 Å². The van der Waals surface area contributed by atoms with Gasteiger partial charge in [0.2, 0.25) is 0 Å². The van der Waals surface area contributed by atoms with Gasteiger partial charge in [-0.2, -0.15) is 0 Å². The van der Waals surface area contributed by atoms with E-state index in [0.717, 1.165) is 18.0 Å². The van der Waals surface area contributed by atoms with Crippen LogP contribution in [-0.2, 0) is 0 Å². The van der Waals surface area contributed by atoms with Crippen LogP contribution < -0.4 is 4.90 Å². The Morgan fingerprint density at radius 1 is 1.37 bits per heavy atom. The molecule has 1 aliphatic carbocycles. The molecule has 0 aromatic carbocycles. The fourth-order valence-corrected chi connectivity index (χ4v) is 3.69. The zero-order chi connectivity index (χ0) is 13.4. The minimum Gasteiger partial charge on any atom is -0.478 e. The SMILES string of the molecule is Cc1ccnc(N2CCC3CCCCC32)c1C(=O)O. The Morgan fingerprint density at radius 3 is 2.95 bits per heavy atom. The molecule has 0 spiro atoms. The van der Waals surface area contributed by atoms with E-state index in [0.29, 0.717) is 17.4 Å². The van der Waals surface area contributed by atoms with Crippen LogP contribution in [0.1, 0.15) is 48.0 Å². The maximum absolute atomic E-state index is 11.5. The van der Waals surface area contributed by atoms with E-state index in [9.17, 15) is 9.90 Å². The number of carboxylic acids is 1. The van der Waals surface area contributed by atoms with Crippen LogP contribution in [0.25, 0.3) is 0 Å². The Labute approximate surface area is 113 Å². The second-order valence-electron chi connectivity index (χ2n) is 5.73. The number of rotatable bonds is 2. The molecular formula is C15H20N2O2. The Morgan fingerprint density at radius 2 is 2.16 bits per heavy atom. The Kier molecular flexibility index (Phi) is 3.17. The van der Waals surface area contributed by atoms with Gasteiger partial charge in [-0.1, -0.05) is 12.8 Å². The molecule has 0 bridgehead atoms. The van der Waals surface area contributed by atoms with Gasteiger partial charge in [-0.25, -0.2) is 9.78 Å². The molecule has 102 valence electrons. The summed E-state index contributed by atoms with van der Waals surface area (Å²) in [6.45, 7) is 2.80. The molecule has 0 amide bonds. The molecule has 0 radical (unpaired) electrons. The summed E-state index contributed by atoms with van der Waals surface area (Å²) in [6.07, 6.45) is 7.95. The topological polar surface area (TPSA) is 53.4 Å². The molecule has 19 heavy (non-hydrogen) atoms. The Balaban J connectivity index is 1.98. The van der Waals surface area contributed by atoms with Gasteiger partial charge in [0.1, 0.15) is 11.4 Å². The number of aromatic carboxylic acids is 1. The molecule has 3 rings (SSSR count). The first-order valence-corrected chi connectivity index (χ1v) is 7.14. The van der Waals surface area contributed by atoms with Gasteiger partial charge in [0.15, 0.2) is 0 Å². The molecule has 1 saturated heterocycles. The summed E-state index contributed by atoms with van der Waals surface area (Å²) in [5.41, 5.74) is 1.19. The highest BCUT2D eigenvalue weighted by molar-refractivity contribution is 5.95. The van der Waals surface area contributed by atoms with E-state index in [2.05, 4.69) is 9.88 Å². The molecule has 1 N–H and O–H groups in total. The predicted molar refractivity (Wildman–Crippen MR) is 73.6 cm³/mol. The first kappa shape index (κ1) is 12.5. The third-order valence-corrected chi connectivity index (χ3v) is 4.64. The molecule has 2 unspecified atom stereocenters. The second kappa shape index (κ2) is 4.83. The number of aryl methyl sites for hydroxylation is 1. The largest absolute Gasteiger partial charge is 0.478 e. The van der Waals surface area contributed by atoms with Crippen molar-refractivity contribution in [2.24, 2.45) is 5.92 Å². The lowest BCUT2D eigenvalue weighted by Gasteiger charge is -2.33. The maximum atomic E-state index is 11.5. The standard InChI is InChI=1S/C15H20N2O2/c1-10-6-8-16-14(13(10)15(18)19)17-9-7-11-4-2-3-5-12(11)17/h6,8,11-12H,2-5,7,9H2,1H3,(H,18,19). The van der Waals surface area contributed by atoms with E-state index in [1.54, 1.807) is 12.3 Å². The third kappa shape index (κ3) is 2.09. The van der Waals surface area contributed by atoms with Gasteiger partial charge in [-0.05, 0) is 43.7 Å². The molecular weight excluding hydrogens is 240 g/mol. The summed E-state index contributed by atoms with van der Waals surface area (Å²) in [6, 6.07) is 2.28. The Bertz CT molecular complexity index is 501. The normalized spacial score (nSPS) is 26.3. The van der Waals surface area contributed by atoms with Crippen molar-refractivity contribution in [3.8, 4) is 0 Å². The number of fused-ring (bicyclic) bond motifs is 1. The maximum Gasteiger partial charge on any atom is 0.339 e. The highest BCUT2D eigenvalue weighted by Crippen LogP contribution is 2.39. The molecule has 2 atom stereocenters. The number of pyridine rings is 1. The summed E-state index contributed by atoms with van der Waals surface area (Å²) in [4.78, 5) is 18.1. The first-order valence-electron chi connectivity index (χ1n) is 7.14. The van der Waals surface area contributed by atoms with E-state index in [1.807, 2.05) is 6.92 Å². The zero-order valence-corrected chi connectivity index (χ0v) is 11.3. The number of hydrogen-bond donors (Lipinski definition) is 1. The quantitative estimate of drug-likeness (QED) is 0.888. The zero-order valence-electron chi connectivity index (χ0n) is 11.3. The third-order valence-electron chi connectivity index (χ3n) is 4.64. The minimum absolute atomic E-state index is 0.383. The van der Waals surface area contributed by atoms with Crippen molar-refractivity contribution in [2.45, 2.75) is 45.1 Å². The van der Waals surface area contributed by atoms with Crippen LogP contribution in [0, 0.1) is 12.8 Å². The van der Waals surface area contributed by atoms with Crippen LogP contribution in [0.3, 0.4) is 0 Å². The fourth-order valence-electron chi connectivity index (χ4n) is 3.69. The van der Waals surface area contributed by atoms with E-state index >= 15 is 0 Å². The second-order valence-corrected chi connectivity index (χ2v) is 5.73. The Hall–Kier alpha value is -1.58. The van der Waals surface area contributed by atoms with Gasteiger partial charge in [0.05, 0.1) is 0 Å². The number of carboxylic acid groups (broad SMARTS) is 1. The van der Waals surface area contributed by atoms with Crippen molar-refractivity contribution in [3.63, 3.8) is 0 Å². The summed E-state index contributed by atoms with van der Waals surface area (Å²) in [7, 11) is 0. The lowest BCUT2D eigenvalue weighted by atomic mass is 9.85. The molecule has 4 heteroatoms. The molecule has 2 heterocycles. The minimum atomic E-state index is -0.861. The monoisotopic (exact) mass is 260 g/mol. The van der Waals surface area contributed by atoms with Crippen LogP contribution in [0.15, 0.2) is 12.3 Å². The molecule has 4 nitrogen and oxygen atoms in total. The molecule has 1 saturated carbocycles. The highest BCUT2D eigenvalue weighted by atomic mass is 16.4. The first-order chi connectivity index (χ1) is 9.18. The predicted octanol–water partition coefficient (Wildman–Crippen LogP) is 2.86. The van der Waals surface area contributed by atoms with Gasteiger partial charge in [-0.3, -0.25) is 0 Å². The van der Waals surface area contributed by atoms with Crippen LogP contribution in [0.5, 0.6) is 0 Å². The lowest BCUT2D eigenvalue weighted by molar-refractivity contribution is 0.0696. The van der Waals surface area contributed by atoms with Gasteiger partial charge in [0, 0.05) is 18.8 Å². The number of hydrogen-bond acceptors (Lipinski definition) is 3. The smallest absolute Gasteiger partial charge is 0.339 e. The van der Waals surface area contributed by atoms with Crippen LogP contribution in [-0.4, -0.2) is 28.6 Å². The van der Waals surface area contributed by atoms with E-state index in [-0.39, 0.29) is 0 Å². The highest BCUT2D eigenvalue weighted by Gasteiger charge is 2.37. The van der Waals surface area contributed by atoms with Gasteiger partial charge in [0.25, 0.3) is 0 Å². The van der Waals surface area contributed by atoms with E-state index in [4.69, 9.17) is 0 Å². The summed E-state index contributed by atoms with van der Waals surface area (Å²) in [5, 5.41) is 9.44. The molecule has 2 fully saturated rings. The van der Waals surface area contributed by atoms with Crippen LogP contribution >= 0.6 is 0 Å². The molecule has 1 aliphatic heterocycles. The molecule has 1 aromatic heterocycles. The average Bonchev–Trinajstić information content (AvgIpc) is 2.81. The van der Waals surface area contributed by atoms with Crippen LogP contribution in [0.2, 0.25) is 0 Å². The molecule has 2 aliphatic rings. The van der Waals surface area contributed by atoms with Crippen molar-refractivity contribution in [2.75, 3.05) is 11.4 Å². The van der Waals surface area contributed by atoms with Crippen molar-refractivity contribution in [1.82, 2.24) is 4.98 Å². The van der Waals surface area contributed by atoms with Gasteiger partial charge >= 0.3 is 5.97 Å². The number of aromatic nitrogens is 1.